The SMILES string of the molecule is Nc1cccc2c1NCC2=Cc1ccc(C(=O)O)cc1. The number of carboxylic acids is 1. The number of fused-ring (bicyclic) bond motifs is 1. The Kier molecular flexibility index (Phi) is 2.91. The number of carboxylic acid groups (broad SMARTS) is 1. The summed E-state index contributed by atoms with van der Waals surface area (Å²) in [5, 5.41) is 12.2. The number of aromatic carboxylic acids is 1. The molecule has 0 spiro atoms. The molecule has 0 amide bonds. The number of nitrogens with two attached hydrogens (primary N) is 1. The van der Waals surface area contributed by atoms with Gasteiger partial charge in [-0.15, -0.1) is 0 Å². The molecule has 0 bridgehead atoms. The van der Waals surface area contributed by atoms with Crippen molar-refractivity contribution in [3.63, 3.8) is 0 Å². The Morgan fingerprint density at radius 2 is 1.95 bits per heavy atom. The Morgan fingerprint density at radius 3 is 2.65 bits per heavy atom. The van der Waals surface area contributed by atoms with Crippen LogP contribution in [0.1, 0.15) is 21.5 Å². The highest BCUT2D eigenvalue weighted by molar-refractivity contribution is 5.97. The van der Waals surface area contributed by atoms with E-state index in [-0.39, 0.29) is 0 Å². The van der Waals surface area contributed by atoms with Gasteiger partial charge in [0.15, 0.2) is 0 Å². The van der Waals surface area contributed by atoms with Crippen LogP contribution in [0.25, 0.3) is 11.6 Å². The van der Waals surface area contributed by atoms with Gasteiger partial charge in [0.2, 0.25) is 0 Å². The monoisotopic (exact) mass is 266 g/mol. The van der Waals surface area contributed by atoms with E-state index in [2.05, 4.69) is 5.32 Å². The van der Waals surface area contributed by atoms with Crippen molar-refractivity contribution in [2.75, 3.05) is 17.6 Å². The minimum absolute atomic E-state index is 0.293. The Labute approximate surface area is 116 Å². The molecule has 0 aromatic heterocycles. The van der Waals surface area contributed by atoms with E-state index < -0.39 is 5.97 Å². The molecule has 4 nitrogen and oxygen atoms in total. The molecule has 4 N–H and O–H groups in total. The van der Waals surface area contributed by atoms with Gasteiger partial charge in [0, 0.05) is 12.1 Å². The maximum absolute atomic E-state index is 10.8. The van der Waals surface area contributed by atoms with E-state index in [1.54, 1.807) is 24.3 Å². The largest absolute Gasteiger partial charge is 0.478 e. The Hall–Kier alpha value is -2.75. The maximum atomic E-state index is 10.8. The van der Waals surface area contributed by atoms with Gasteiger partial charge in [0.1, 0.15) is 0 Å². The standard InChI is InChI=1S/C16H14N2O2/c17-14-3-1-2-13-12(9-18-15(13)14)8-10-4-6-11(7-5-10)16(19)20/h1-8,18H,9,17H2,(H,19,20). The van der Waals surface area contributed by atoms with E-state index in [1.165, 1.54) is 0 Å². The molecule has 0 fully saturated rings. The average molecular weight is 266 g/mol. The van der Waals surface area contributed by atoms with Gasteiger partial charge in [-0.05, 0) is 35.4 Å². The van der Waals surface area contributed by atoms with Crippen LogP contribution in [-0.4, -0.2) is 17.6 Å². The molecular weight excluding hydrogens is 252 g/mol. The summed E-state index contributed by atoms with van der Waals surface area (Å²) >= 11 is 0. The maximum Gasteiger partial charge on any atom is 0.335 e. The fourth-order valence-electron chi connectivity index (χ4n) is 2.37. The predicted octanol–water partition coefficient (Wildman–Crippen LogP) is 2.93. The summed E-state index contributed by atoms with van der Waals surface area (Å²) < 4.78 is 0. The molecule has 1 aliphatic heterocycles. The molecule has 0 saturated carbocycles. The fourth-order valence-corrected chi connectivity index (χ4v) is 2.37. The van der Waals surface area contributed by atoms with Crippen LogP contribution >= 0.6 is 0 Å². The molecule has 2 aromatic carbocycles. The van der Waals surface area contributed by atoms with Crippen molar-refractivity contribution in [1.82, 2.24) is 0 Å². The molecule has 1 heterocycles. The zero-order valence-corrected chi connectivity index (χ0v) is 10.8. The summed E-state index contributed by atoms with van der Waals surface area (Å²) in [5.41, 5.74) is 11.2. The van der Waals surface area contributed by atoms with Crippen LogP contribution in [0, 0.1) is 0 Å². The van der Waals surface area contributed by atoms with Gasteiger partial charge in [0.25, 0.3) is 0 Å². The molecule has 2 aromatic rings. The van der Waals surface area contributed by atoms with E-state index in [4.69, 9.17) is 10.8 Å². The predicted molar refractivity (Wildman–Crippen MR) is 80.6 cm³/mol. The molecule has 0 atom stereocenters. The number of carbonyl (C=O) groups is 1. The minimum Gasteiger partial charge on any atom is -0.478 e. The molecule has 100 valence electrons. The molecule has 3 rings (SSSR count). The van der Waals surface area contributed by atoms with E-state index in [0.29, 0.717) is 5.56 Å². The van der Waals surface area contributed by atoms with Crippen LogP contribution < -0.4 is 11.1 Å². The lowest BCUT2D eigenvalue weighted by Gasteiger charge is -2.03. The first-order valence-corrected chi connectivity index (χ1v) is 6.32. The zero-order valence-electron chi connectivity index (χ0n) is 10.8. The van der Waals surface area contributed by atoms with Crippen LogP contribution in [0.3, 0.4) is 0 Å². The first kappa shape index (κ1) is 12.3. The van der Waals surface area contributed by atoms with Gasteiger partial charge in [-0.3, -0.25) is 0 Å². The second-order valence-electron chi connectivity index (χ2n) is 4.72. The number of hydrogen-bond acceptors (Lipinski definition) is 3. The fraction of sp³-hybridized carbons (Fsp3) is 0.0625. The third-order valence-electron chi connectivity index (χ3n) is 3.40. The van der Waals surface area contributed by atoms with Crippen LogP contribution in [-0.2, 0) is 0 Å². The number of nitrogen functional groups attached to an aromatic ring is 1. The first-order chi connectivity index (χ1) is 9.65. The van der Waals surface area contributed by atoms with E-state index in [1.807, 2.05) is 24.3 Å². The second-order valence-corrected chi connectivity index (χ2v) is 4.72. The van der Waals surface area contributed by atoms with Crippen LogP contribution in [0.15, 0.2) is 42.5 Å². The molecule has 0 aliphatic carbocycles. The molecule has 0 unspecified atom stereocenters. The van der Waals surface area contributed by atoms with Crippen molar-refractivity contribution in [3.8, 4) is 0 Å². The highest BCUT2D eigenvalue weighted by Crippen LogP contribution is 2.35. The minimum atomic E-state index is -0.912. The second kappa shape index (κ2) is 4.74. The highest BCUT2D eigenvalue weighted by Gasteiger charge is 2.17. The quantitative estimate of drug-likeness (QED) is 0.730. The Morgan fingerprint density at radius 1 is 1.20 bits per heavy atom. The van der Waals surface area contributed by atoms with Crippen molar-refractivity contribution >= 4 is 29.0 Å². The third-order valence-corrected chi connectivity index (χ3v) is 3.40. The van der Waals surface area contributed by atoms with Crippen molar-refractivity contribution in [2.45, 2.75) is 0 Å². The van der Waals surface area contributed by atoms with Gasteiger partial charge < -0.3 is 16.2 Å². The van der Waals surface area contributed by atoms with Gasteiger partial charge in [-0.2, -0.15) is 0 Å². The lowest BCUT2D eigenvalue weighted by atomic mass is 10.0. The summed E-state index contributed by atoms with van der Waals surface area (Å²) in [6.45, 7) is 0.726. The summed E-state index contributed by atoms with van der Waals surface area (Å²) in [7, 11) is 0. The Bertz CT molecular complexity index is 703. The lowest BCUT2D eigenvalue weighted by Crippen LogP contribution is -1.95. The van der Waals surface area contributed by atoms with Crippen LogP contribution in [0.5, 0.6) is 0 Å². The van der Waals surface area contributed by atoms with Crippen molar-refractivity contribution < 1.29 is 9.90 Å². The van der Waals surface area contributed by atoms with Gasteiger partial charge in [-0.25, -0.2) is 4.79 Å². The smallest absolute Gasteiger partial charge is 0.335 e. The summed E-state index contributed by atoms with van der Waals surface area (Å²) in [4.78, 5) is 10.8. The van der Waals surface area contributed by atoms with E-state index in [9.17, 15) is 4.79 Å². The number of anilines is 2. The van der Waals surface area contributed by atoms with Crippen molar-refractivity contribution in [3.05, 3.63) is 59.2 Å². The average Bonchev–Trinajstić information content (AvgIpc) is 2.84. The number of benzene rings is 2. The van der Waals surface area contributed by atoms with Gasteiger partial charge in [-0.1, -0.05) is 24.3 Å². The normalized spacial score (nSPS) is 14.9. The lowest BCUT2D eigenvalue weighted by molar-refractivity contribution is 0.0697. The van der Waals surface area contributed by atoms with Crippen LogP contribution in [0.4, 0.5) is 11.4 Å². The summed E-state index contributed by atoms with van der Waals surface area (Å²) in [6.07, 6.45) is 2.05. The molecule has 0 saturated heterocycles. The molecule has 1 aliphatic rings. The molecule has 0 radical (unpaired) electrons. The van der Waals surface area contributed by atoms with Crippen molar-refractivity contribution in [1.29, 1.82) is 0 Å². The third kappa shape index (κ3) is 2.12. The summed E-state index contributed by atoms with van der Waals surface area (Å²) in [5.74, 6) is -0.912. The number of para-hydroxylation sites is 1. The molecule has 20 heavy (non-hydrogen) atoms. The van der Waals surface area contributed by atoms with Gasteiger partial charge in [0.05, 0.1) is 16.9 Å². The van der Waals surface area contributed by atoms with Gasteiger partial charge >= 0.3 is 5.97 Å². The highest BCUT2D eigenvalue weighted by atomic mass is 16.4. The molecular formula is C16H14N2O2. The van der Waals surface area contributed by atoms with Crippen LogP contribution in [0.2, 0.25) is 0 Å². The van der Waals surface area contributed by atoms with Crippen molar-refractivity contribution in [2.24, 2.45) is 0 Å². The topological polar surface area (TPSA) is 75.3 Å². The number of hydrogen-bond donors (Lipinski definition) is 3. The first-order valence-electron chi connectivity index (χ1n) is 6.32. The van der Waals surface area contributed by atoms with E-state index >= 15 is 0 Å². The molecule has 4 heteroatoms. The van der Waals surface area contributed by atoms with E-state index in [0.717, 1.165) is 34.6 Å². The Balaban J connectivity index is 1.95. The number of rotatable bonds is 2. The summed E-state index contributed by atoms with van der Waals surface area (Å²) in [6, 6.07) is 12.7. The number of nitrogens with one attached hydrogen (secondary N) is 1. The zero-order chi connectivity index (χ0) is 14.1.